The summed E-state index contributed by atoms with van der Waals surface area (Å²) < 4.78 is 10.7. The minimum absolute atomic E-state index is 0.0279. The number of ketones is 1. The van der Waals surface area contributed by atoms with E-state index in [1.807, 2.05) is 12.1 Å². The van der Waals surface area contributed by atoms with Gasteiger partial charge in [0.25, 0.3) is 0 Å². The van der Waals surface area contributed by atoms with Gasteiger partial charge in [0.1, 0.15) is 0 Å². The van der Waals surface area contributed by atoms with Gasteiger partial charge in [0, 0.05) is 12.1 Å². The van der Waals surface area contributed by atoms with Crippen molar-refractivity contribution in [1.82, 2.24) is 4.90 Å². The second kappa shape index (κ2) is 8.56. The Bertz CT molecular complexity index is 859. The summed E-state index contributed by atoms with van der Waals surface area (Å²) in [6.45, 7) is 2.84. The van der Waals surface area contributed by atoms with Crippen molar-refractivity contribution in [1.29, 1.82) is 0 Å². The number of carbonyl (C=O) groups excluding carboxylic acids is 1. The fraction of sp³-hybridized carbons (Fsp3) is 0.458. The Morgan fingerprint density at radius 2 is 1.72 bits per heavy atom. The van der Waals surface area contributed by atoms with Crippen molar-refractivity contribution in [3.63, 3.8) is 0 Å². The fourth-order valence-corrected chi connectivity index (χ4v) is 4.75. The third-order valence-corrected chi connectivity index (χ3v) is 6.43. The molecule has 0 aromatic heterocycles. The molecule has 5 heteroatoms. The molecule has 1 saturated heterocycles. The fourth-order valence-electron chi connectivity index (χ4n) is 4.75. The number of benzene rings is 2. The molecule has 2 atom stereocenters. The molecule has 1 unspecified atom stereocenters. The predicted octanol–water partition coefficient (Wildman–Crippen LogP) is 3.33. The van der Waals surface area contributed by atoms with Gasteiger partial charge in [0.15, 0.2) is 17.3 Å². The second-order valence-corrected chi connectivity index (χ2v) is 8.13. The van der Waals surface area contributed by atoms with E-state index in [-0.39, 0.29) is 17.6 Å². The highest BCUT2D eigenvalue weighted by atomic mass is 16.5. The largest absolute Gasteiger partial charge is 0.493 e. The second-order valence-electron chi connectivity index (χ2n) is 8.13. The molecular weight excluding hydrogens is 366 g/mol. The van der Waals surface area contributed by atoms with Gasteiger partial charge >= 0.3 is 0 Å². The minimum Gasteiger partial charge on any atom is -0.493 e. The van der Waals surface area contributed by atoms with Crippen molar-refractivity contribution >= 4 is 5.78 Å². The average Bonchev–Trinajstić information content (AvgIpc) is 3.09. The van der Waals surface area contributed by atoms with Crippen LogP contribution >= 0.6 is 0 Å². The van der Waals surface area contributed by atoms with Crippen molar-refractivity contribution in [3.8, 4) is 11.5 Å². The Kier molecular flexibility index (Phi) is 5.88. The Labute approximate surface area is 172 Å². The molecule has 4 rings (SSSR count). The normalized spacial score (nSPS) is 21.1. The number of carbonyl (C=O) groups is 1. The van der Waals surface area contributed by atoms with Crippen LogP contribution in [0.4, 0.5) is 0 Å². The molecule has 0 amide bonds. The first-order chi connectivity index (χ1) is 14.1. The highest BCUT2D eigenvalue weighted by Gasteiger charge is 2.40. The topological polar surface area (TPSA) is 59.0 Å². The van der Waals surface area contributed by atoms with Crippen LogP contribution in [0.25, 0.3) is 0 Å². The van der Waals surface area contributed by atoms with Crippen LogP contribution < -0.4 is 9.47 Å². The number of methoxy groups -OCH3 is 2. The molecule has 29 heavy (non-hydrogen) atoms. The molecule has 5 nitrogen and oxygen atoms in total. The van der Waals surface area contributed by atoms with E-state index in [0.717, 1.165) is 38.0 Å². The molecule has 1 heterocycles. The Hall–Kier alpha value is -2.37. The summed E-state index contributed by atoms with van der Waals surface area (Å²) in [5, 5.41) is 11.0. The molecule has 1 aliphatic heterocycles. The van der Waals surface area contributed by atoms with Gasteiger partial charge in [-0.25, -0.2) is 0 Å². The number of likely N-dealkylation sites (tertiary alicyclic amines) is 1. The van der Waals surface area contributed by atoms with Crippen molar-refractivity contribution in [3.05, 3.63) is 59.2 Å². The zero-order valence-corrected chi connectivity index (χ0v) is 17.1. The van der Waals surface area contributed by atoms with E-state index in [2.05, 4.69) is 29.2 Å². The number of rotatable bonds is 6. The molecule has 154 valence electrons. The Balaban J connectivity index is 1.39. The monoisotopic (exact) mass is 395 g/mol. The molecule has 1 aliphatic carbocycles. The van der Waals surface area contributed by atoms with E-state index in [9.17, 15) is 9.90 Å². The van der Waals surface area contributed by atoms with Crippen molar-refractivity contribution in [2.24, 2.45) is 11.8 Å². The zero-order chi connectivity index (χ0) is 20.4. The number of piperidine rings is 1. The molecule has 2 aromatic rings. The van der Waals surface area contributed by atoms with Crippen LogP contribution in [-0.4, -0.2) is 49.2 Å². The van der Waals surface area contributed by atoms with Crippen molar-refractivity contribution in [2.75, 3.05) is 27.3 Å². The maximum atomic E-state index is 13.0. The van der Waals surface area contributed by atoms with Crippen LogP contribution in [0.3, 0.4) is 0 Å². The number of hydrogen-bond acceptors (Lipinski definition) is 5. The first kappa shape index (κ1) is 19.9. The number of hydrogen-bond donors (Lipinski definition) is 1. The van der Waals surface area contributed by atoms with Crippen LogP contribution in [0.2, 0.25) is 0 Å². The van der Waals surface area contributed by atoms with Gasteiger partial charge in [-0.05, 0) is 61.5 Å². The van der Waals surface area contributed by atoms with E-state index >= 15 is 0 Å². The summed E-state index contributed by atoms with van der Waals surface area (Å²) in [4.78, 5) is 15.4. The molecule has 0 spiro atoms. The third kappa shape index (κ3) is 4.02. The standard InChI is InChI=1S/C24H29NO4/c1-28-21-13-18-12-20(24(27)19(18)14-22(21)29-2)23(26)17-8-10-25(11-9-17)15-16-6-4-3-5-7-16/h3-7,13-14,17,20,23,26H,8-12,15H2,1-2H3/t20?,23-/m1/s1. The van der Waals surface area contributed by atoms with Crippen LogP contribution in [0.1, 0.15) is 34.3 Å². The summed E-state index contributed by atoms with van der Waals surface area (Å²) in [6.07, 6.45) is 1.80. The first-order valence-corrected chi connectivity index (χ1v) is 10.3. The number of Topliss-reactive ketones (excluding diaryl/α,β-unsaturated/α-hetero) is 1. The summed E-state index contributed by atoms with van der Waals surface area (Å²) >= 11 is 0. The Morgan fingerprint density at radius 3 is 2.38 bits per heavy atom. The van der Waals surface area contributed by atoms with E-state index in [4.69, 9.17) is 9.47 Å². The Morgan fingerprint density at radius 1 is 1.07 bits per heavy atom. The molecule has 0 radical (unpaired) electrons. The summed E-state index contributed by atoms with van der Waals surface area (Å²) in [6, 6.07) is 14.1. The SMILES string of the molecule is COc1cc2c(cc1OC)C(=O)C([C@H](O)C1CCN(Cc3ccccc3)CC1)C2. The molecule has 1 N–H and O–H groups in total. The lowest BCUT2D eigenvalue weighted by Crippen LogP contribution is -2.41. The van der Waals surface area contributed by atoms with Gasteiger partial charge < -0.3 is 14.6 Å². The van der Waals surface area contributed by atoms with E-state index in [0.29, 0.717) is 23.5 Å². The lowest BCUT2D eigenvalue weighted by atomic mass is 9.82. The molecule has 0 saturated carbocycles. The van der Waals surface area contributed by atoms with Crippen molar-refractivity contribution in [2.45, 2.75) is 31.9 Å². The molecule has 1 fully saturated rings. The van der Waals surface area contributed by atoms with Gasteiger partial charge in [0.2, 0.25) is 0 Å². The van der Waals surface area contributed by atoms with Gasteiger partial charge in [-0.1, -0.05) is 30.3 Å². The molecular formula is C24H29NO4. The summed E-state index contributed by atoms with van der Waals surface area (Å²) in [5.41, 5.74) is 2.92. The molecule has 2 aliphatic rings. The van der Waals surface area contributed by atoms with Crippen LogP contribution in [-0.2, 0) is 13.0 Å². The zero-order valence-electron chi connectivity index (χ0n) is 17.1. The van der Waals surface area contributed by atoms with Crippen LogP contribution in [0.5, 0.6) is 11.5 Å². The highest BCUT2D eigenvalue weighted by molar-refractivity contribution is 6.03. The summed E-state index contributed by atoms with van der Waals surface area (Å²) in [7, 11) is 3.16. The number of fused-ring (bicyclic) bond motifs is 1. The summed E-state index contributed by atoms with van der Waals surface area (Å²) in [5.74, 6) is 1.01. The van der Waals surface area contributed by atoms with Crippen LogP contribution in [0.15, 0.2) is 42.5 Å². The lowest BCUT2D eigenvalue weighted by Gasteiger charge is -2.35. The average molecular weight is 395 g/mol. The lowest BCUT2D eigenvalue weighted by molar-refractivity contribution is 0.0202. The smallest absolute Gasteiger partial charge is 0.169 e. The van der Waals surface area contributed by atoms with E-state index in [1.54, 1.807) is 20.3 Å². The predicted molar refractivity (Wildman–Crippen MR) is 112 cm³/mol. The number of ether oxygens (including phenoxy) is 2. The van der Waals surface area contributed by atoms with Gasteiger partial charge in [-0.15, -0.1) is 0 Å². The third-order valence-electron chi connectivity index (χ3n) is 6.43. The maximum absolute atomic E-state index is 13.0. The van der Waals surface area contributed by atoms with Gasteiger partial charge in [0.05, 0.1) is 26.2 Å². The maximum Gasteiger partial charge on any atom is 0.169 e. The molecule has 0 bridgehead atoms. The quantitative estimate of drug-likeness (QED) is 0.813. The first-order valence-electron chi connectivity index (χ1n) is 10.3. The number of aliphatic hydroxyl groups is 1. The van der Waals surface area contributed by atoms with E-state index < -0.39 is 6.10 Å². The number of aliphatic hydroxyl groups excluding tert-OH is 1. The van der Waals surface area contributed by atoms with Gasteiger partial charge in [-0.3, -0.25) is 9.69 Å². The highest BCUT2D eigenvalue weighted by Crippen LogP contribution is 2.39. The van der Waals surface area contributed by atoms with Gasteiger partial charge in [-0.2, -0.15) is 0 Å². The minimum atomic E-state index is -0.606. The van der Waals surface area contributed by atoms with Crippen LogP contribution in [0, 0.1) is 11.8 Å². The number of nitrogens with zero attached hydrogens (tertiary/aromatic N) is 1. The molecule has 2 aromatic carbocycles. The van der Waals surface area contributed by atoms with E-state index in [1.165, 1.54) is 5.56 Å². The van der Waals surface area contributed by atoms with Crippen molar-refractivity contribution < 1.29 is 19.4 Å².